The number of ether oxygens (including phenoxy) is 7. The molecule has 54 heavy (non-hydrogen) atoms. The van der Waals surface area contributed by atoms with Gasteiger partial charge in [-0.05, 0) is 43.3 Å². The van der Waals surface area contributed by atoms with Crippen LogP contribution in [-0.2, 0) is 28.5 Å². The predicted molar refractivity (Wildman–Crippen MR) is 187 cm³/mol. The van der Waals surface area contributed by atoms with Crippen LogP contribution in [0.2, 0.25) is 0 Å². The Labute approximate surface area is 308 Å². The number of anilines is 2. The monoisotopic (exact) mass is 758 g/mol. The Hall–Kier alpha value is -6.31. The quantitative estimate of drug-likeness (QED) is 0.0398. The molecule has 2 heterocycles. The number of amidine groups is 2. The number of aromatic nitrogens is 2. The SMILES string of the molecule is CCOC(=O)NC(=N)c1ccc(N[C@H](c2cc(OC)cc(OCCOC(C)=O)c2F)C2N=C(OC(C)(C)OC(=O)OCCF)N(c3ncccn3)N2)cc1. The fourth-order valence-corrected chi connectivity index (χ4v) is 4.72. The highest BCUT2D eigenvalue weighted by atomic mass is 19.1. The minimum atomic E-state index is -1.74. The summed E-state index contributed by atoms with van der Waals surface area (Å²) < 4.78 is 65.9. The van der Waals surface area contributed by atoms with Crippen LogP contribution in [0.4, 0.5) is 30.0 Å². The Bertz CT molecular complexity index is 1800. The Balaban J connectivity index is 1.75. The molecule has 3 aromatic rings. The number of rotatable bonds is 16. The third-order valence-electron chi connectivity index (χ3n) is 6.99. The van der Waals surface area contributed by atoms with Crippen LogP contribution in [0.5, 0.6) is 11.5 Å². The molecule has 290 valence electrons. The first-order valence-corrected chi connectivity index (χ1v) is 16.4. The smallest absolute Gasteiger partial charge is 0.497 e. The van der Waals surface area contributed by atoms with Crippen molar-refractivity contribution in [2.24, 2.45) is 4.99 Å². The van der Waals surface area contributed by atoms with Crippen LogP contribution in [0.1, 0.15) is 44.9 Å². The van der Waals surface area contributed by atoms with Gasteiger partial charge < -0.3 is 38.5 Å². The number of nitrogens with one attached hydrogen (secondary N) is 4. The van der Waals surface area contributed by atoms with E-state index in [1.807, 2.05) is 0 Å². The van der Waals surface area contributed by atoms with Gasteiger partial charge in [-0.25, -0.2) is 33.3 Å². The number of methoxy groups -OCH3 is 1. The molecule has 1 aliphatic heterocycles. The number of hydrazine groups is 1. The first-order chi connectivity index (χ1) is 25.8. The number of carbonyl (C=O) groups excluding carboxylic acids is 3. The number of halogens is 2. The van der Waals surface area contributed by atoms with Gasteiger partial charge in [0.15, 0.2) is 11.6 Å². The number of amides is 1. The summed E-state index contributed by atoms with van der Waals surface area (Å²) >= 11 is 0. The number of nitrogens with zero attached hydrogens (tertiary/aromatic N) is 4. The van der Waals surface area contributed by atoms with Crippen LogP contribution < -0.4 is 30.5 Å². The Morgan fingerprint density at radius 1 is 1.06 bits per heavy atom. The first kappa shape index (κ1) is 40.5. The summed E-state index contributed by atoms with van der Waals surface area (Å²) in [6.45, 7) is 4.00. The Morgan fingerprint density at radius 2 is 1.78 bits per heavy atom. The molecule has 20 heteroatoms. The number of aliphatic imine (C=N–C) groups is 1. The summed E-state index contributed by atoms with van der Waals surface area (Å²) in [5.41, 5.74) is 3.84. The van der Waals surface area contributed by atoms with E-state index in [4.69, 9.17) is 33.8 Å². The van der Waals surface area contributed by atoms with Crippen LogP contribution in [0.15, 0.2) is 59.9 Å². The molecule has 0 saturated carbocycles. The average molecular weight is 759 g/mol. The summed E-state index contributed by atoms with van der Waals surface area (Å²) in [4.78, 5) is 48.5. The van der Waals surface area contributed by atoms with Crippen molar-refractivity contribution in [3.05, 3.63) is 71.8 Å². The molecule has 18 nitrogen and oxygen atoms in total. The molecule has 1 aromatic heterocycles. The van der Waals surface area contributed by atoms with Gasteiger partial charge in [0, 0.05) is 56.0 Å². The molecule has 2 aromatic carbocycles. The van der Waals surface area contributed by atoms with Crippen molar-refractivity contribution >= 4 is 41.7 Å². The Kier molecular flexibility index (Phi) is 14.2. The normalized spacial score (nSPS) is 14.2. The van der Waals surface area contributed by atoms with Gasteiger partial charge in [0.1, 0.15) is 44.2 Å². The second-order valence-corrected chi connectivity index (χ2v) is 11.4. The first-order valence-electron chi connectivity index (χ1n) is 16.4. The second-order valence-electron chi connectivity index (χ2n) is 11.4. The molecule has 0 bridgehead atoms. The third kappa shape index (κ3) is 11.3. The van der Waals surface area contributed by atoms with Gasteiger partial charge in [-0.15, -0.1) is 0 Å². The molecule has 0 spiro atoms. The van der Waals surface area contributed by atoms with Crippen molar-refractivity contribution in [1.82, 2.24) is 20.7 Å². The van der Waals surface area contributed by atoms with Crippen LogP contribution in [0, 0.1) is 11.2 Å². The summed E-state index contributed by atoms with van der Waals surface area (Å²) in [5.74, 6) is -3.27. The Morgan fingerprint density at radius 3 is 2.43 bits per heavy atom. The molecule has 4 rings (SSSR count). The van der Waals surface area contributed by atoms with Gasteiger partial charge in [0.05, 0.1) is 19.8 Å². The fraction of sp³-hybridized carbons (Fsp3) is 0.382. The fourth-order valence-electron chi connectivity index (χ4n) is 4.72. The number of alkyl carbamates (subject to hydrolysis) is 1. The van der Waals surface area contributed by atoms with E-state index in [1.165, 1.54) is 57.4 Å². The van der Waals surface area contributed by atoms with Crippen LogP contribution in [0.3, 0.4) is 0 Å². The maximum absolute atomic E-state index is 16.5. The molecule has 1 aliphatic rings. The molecule has 1 unspecified atom stereocenters. The van der Waals surface area contributed by atoms with Crippen molar-refractivity contribution in [3.8, 4) is 11.5 Å². The zero-order chi connectivity index (χ0) is 39.3. The largest absolute Gasteiger partial charge is 0.511 e. The van der Waals surface area contributed by atoms with Crippen molar-refractivity contribution < 1.29 is 56.3 Å². The lowest BCUT2D eigenvalue weighted by Crippen LogP contribution is -2.48. The van der Waals surface area contributed by atoms with E-state index < -0.39 is 55.3 Å². The number of hydrogen-bond donors (Lipinski definition) is 4. The van der Waals surface area contributed by atoms with E-state index in [1.54, 1.807) is 37.3 Å². The van der Waals surface area contributed by atoms with E-state index in [0.717, 1.165) is 0 Å². The summed E-state index contributed by atoms with van der Waals surface area (Å²) in [7, 11) is 1.38. The van der Waals surface area contributed by atoms with Gasteiger partial charge in [-0.3, -0.25) is 15.5 Å². The molecule has 2 atom stereocenters. The number of benzene rings is 2. The molecule has 4 N–H and O–H groups in total. The van der Waals surface area contributed by atoms with E-state index >= 15 is 4.39 Å². The van der Waals surface area contributed by atoms with Crippen LogP contribution in [-0.4, -0.2) is 92.2 Å². The van der Waals surface area contributed by atoms with E-state index in [-0.39, 0.29) is 54.7 Å². The van der Waals surface area contributed by atoms with Crippen molar-refractivity contribution in [2.75, 3.05) is 50.5 Å². The second kappa shape index (κ2) is 19.0. The predicted octanol–water partition coefficient (Wildman–Crippen LogP) is 4.37. The van der Waals surface area contributed by atoms with Crippen LogP contribution in [0.25, 0.3) is 0 Å². The average Bonchev–Trinajstić information content (AvgIpc) is 3.55. The van der Waals surface area contributed by atoms with Gasteiger partial charge in [0.25, 0.3) is 5.79 Å². The van der Waals surface area contributed by atoms with Crippen LogP contribution >= 0.6 is 0 Å². The van der Waals surface area contributed by atoms with Crippen molar-refractivity contribution in [2.45, 2.75) is 45.7 Å². The van der Waals surface area contributed by atoms with Gasteiger partial charge in [0.2, 0.25) is 5.95 Å². The molecule has 0 radical (unpaired) electrons. The highest BCUT2D eigenvalue weighted by Gasteiger charge is 2.40. The molecule has 1 amide bonds. The highest BCUT2D eigenvalue weighted by Crippen LogP contribution is 2.36. The van der Waals surface area contributed by atoms with E-state index in [0.29, 0.717) is 11.3 Å². The number of hydrogen-bond acceptors (Lipinski definition) is 17. The number of alkyl halides is 1. The number of carbonyl (C=O) groups is 3. The number of esters is 1. The summed E-state index contributed by atoms with van der Waals surface area (Å²) in [6, 6.07) is 9.27. The molecule has 0 saturated heterocycles. The maximum atomic E-state index is 16.5. The lowest BCUT2D eigenvalue weighted by Gasteiger charge is -2.28. The minimum Gasteiger partial charge on any atom is -0.497 e. The van der Waals surface area contributed by atoms with E-state index in [9.17, 15) is 18.8 Å². The van der Waals surface area contributed by atoms with Gasteiger partial charge >= 0.3 is 24.2 Å². The third-order valence-corrected chi connectivity index (χ3v) is 6.99. The molecule has 0 aliphatic carbocycles. The molecule has 0 fully saturated rings. The lowest BCUT2D eigenvalue weighted by atomic mass is 10.0. The highest BCUT2D eigenvalue weighted by molar-refractivity contribution is 6.04. The summed E-state index contributed by atoms with van der Waals surface area (Å²) in [6.07, 6.45) is -0.201. The standard InChI is InChI=1S/C34H40F2N8O10/c1-6-49-32(46)41-28(37)21-8-10-22(11-9-21)40-27(24-18-23(48-5)19-25(26(24)36)51-17-16-50-20(2)45)29-42-31(44(43-29)30-38-13-7-14-39-30)53-34(3,4)54-33(47)52-15-12-35/h7-11,13-14,18-19,27,29,40,43H,6,12,15-17H2,1-5H3,(H2,37,41,46)/t27-,29?/m1/s1. The van der Waals surface area contributed by atoms with Crippen molar-refractivity contribution in [3.63, 3.8) is 0 Å². The zero-order valence-corrected chi connectivity index (χ0v) is 30.0. The molecular formula is C34H40F2N8O10. The zero-order valence-electron chi connectivity index (χ0n) is 30.0. The maximum Gasteiger partial charge on any atom is 0.511 e. The topological polar surface area (TPSA) is 217 Å². The minimum absolute atomic E-state index is 0.0145. The summed E-state index contributed by atoms with van der Waals surface area (Å²) in [5, 5.41) is 15.0. The van der Waals surface area contributed by atoms with Crippen molar-refractivity contribution in [1.29, 1.82) is 5.41 Å². The lowest BCUT2D eigenvalue weighted by molar-refractivity contribution is -0.142. The van der Waals surface area contributed by atoms with E-state index in [2.05, 4.69) is 35.8 Å². The van der Waals surface area contributed by atoms with Gasteiger partial charge in [-0.2, -0.15) is 10.4 Å². The molecular weight excluding hydrogens is 718 g/mol. The van der Waals surface area contributed by atoms with Gasteiger partial charge in [-0.1, -0.05) is 0 Å².